The third kappa shape index (κ3) is 7.29. The fourth-order valence-electron chi connectivity index (χ4n) is 2.55. The molecule has 0 unspecified atom stereocenters. The van der Waals surface area contributed by atoms with Gasteiger partial charge in [0.15, 0.2) is 0 Å². The summed E-state index contributed by atoms with van der Waals surface area (Å²) in [5, 5.41) is 11.4. The van der Waals surface area contributed by atoms with Crippen LogP contribution in [0.1, 0.15) is 47.9 Å². The highest BCUT2D eigenvalue weighted by molar-refractivity contribution is 5.98. The lowest BCUT2D eigenvalue weighted by molar-refractivity contribution is -0.114. The third-order valence-corrected chi connectivity index (χ3v) is 3.96. The van der Waals surface area contributed by atoms with Crippen molar-refractivity contribution in [2.24, 2.45) is 0 Å². The van der Waals surface area contributed by atoms with Gasteiger partial charge in [-0.15, -0.1) is 0 Å². The molecule has 2 aromatic rings. The first-order valence-electron chi connectivity index (χ1n) is 9.72. The lowest BCUT2D eigenvalue weighted by Crippen LogP contribution is -2.30. The number of carbonyl (C=O) groups is 3. The van der Waals surface area contributed by atoms with Gasteiger partial charge in [-0.1, -0.05) is 13.0 Å². The molecular weight excluding hydrogens is 368 g/mol. The first-order chi connectivity index (χ1) is 13.9. The van der Waals surface area contributed by atoms with Gasteiger partial charge in [0.05, 0.1) is 6.54 Å². The molecule has 0 aliphatic carbocycles. The maximum absolute atomic E-state index is 12.2. The Hall–Kier alpha value is -3.35. The van der Waals surface area contributed by atoms with Crippen LogP contribution in [-0.4, -0.2) is 36.9 Å². The minimum Gasteiger partial charge on any atom is -0.376 e. The van der Waals surface area contributed by atoms with E-state index in [1.165, 1.54) is 0 Å². The Balaban J connectivity index is 1.87. The number of amides is 3. The Morgan fingerprint density at radius 2 is 1.62 bits per heavy atom. The van der Waals surface area contributed by atoms with Crippen LogP contribution in [0.3, 0.4) is 0 Å². The van der Waals surface area contributed by atoms with E-state index in [9.17, 15) is 14.4 Å². The zero-order chi connectivity index (χ0) is 21.2. The second kappa shape index (κ2) is 10.8. The van der Waals surface area contributed by atoms with Gasteiger partial charge in [0, 0.05) is 35.1 Å². The maximum Gasteiger partial charge on any atom is 0.251 e. The molecule has 29 heavy (non-hydrogen) atoms. The van der Waals surface area contributed by atoms with E-state index < -0.39 is 0 Å². The first-order valence-corrected chi connectivity index (χ1v) is 9.72. The summed E-state index contributed by atoms with van der Waals surface area (Å²) in [5.74, 6) is -0.536. The normalized spacial score (nSPS) is 10.3. The summed E-state index contributed by atoms with van der Waals surface area (Å²) in [4.78, 5) is 36.2. The molecule has 0 saturated carbocycles. The monoisotopic (exact) mass is 396 g/mol. The van der Waals surface area contributed by atoms with Crippen molar-refractivity contribution in [3.63, 3.8) is 0 Å². The molecule has 0 aliphatic heterocycles. The van der Waals surface area contributed by atoms with Crippen molar-refractivity contribution in [2.75, 3.05) is 23.7 Å². The number of hydrogen-bond acceptors (Lipinski definition) is 4. The van der Waals surface area contributed by atoms with E-state index in [1.807, 2.05) is 20.8 Å². The van der Waals surface area contributed by atoms with E-state index in [2.05, 4.69) is 21.3 Å². The van der Waals surface area contributed by atoms with Gasteiger partial charge in [-0.3, -0.25) is 14.4 Å². The van der Waals surface area contributed by atoms with Gasteiger partial charge < -0.3 is 21.3 Å². The van der Waals surface area contributed by atoms with Gasteiger partial charge in [0.2, 0.25) is 5.91 Å². The second-order valence-corrected chi connectivity index (χ2v) is 6.94. The molecule has 0 fully saturated rings. The summed E-state index contributed by atoms with van der Waals surface area (Å²) >= 11 is 0. The molecule has 0 saturated heterocycles. The molecule has 0 aromatic heterocycles. The third-order valence-electron chi connectivity index (χ3n) is 3.96. The van der Waals surface area contributed by atoms with Gasteiger partial charge in [-0.2, -0.15) is 0 Å². The predicted octanol–water partition coefficient (Wildman–Crippen LogP) is 3.02. The Kier molecular flexibility index (Phi) is 8.21. The van der Waals surface area contributed by atoms with E-state index in [4.69, 9.17) is 0 Å². The highest BCUT2D eigenvalue weighted by Crippen LogP contribution is 2.12. The van der Waals surface area contributed by atoms with E-state index in [0.29, 0.717) is 23.4 Å². The Morgan fingerprint density at radius 1 is 0.897 bits per heavy atom. The van der Waals surface area contributed by atoms with Crippen LogP contribution in [0, 0.1) is 0 Å². The van der Waals surface area contributed by atoms with Crippen LogP contribution >= 0.6 is 0 Å². The quantitative estimate of drug-likeness (QED) is 0.524. The topological polar surface area (TPSA) is 99.3 Å². The van der Waals surface area contributed by atoms with Crippen molar-refractivity contribution in [2.45, 2.75) is 33.2 Å². The molecule has 0 bridgehead atoms. The van der Waals surface area contributed by atoms with Crippen molar-refractivity contribution >= 4 is 29.1 Å². The molecule has 0 aliphatic rings. The van der Waals surface area contributed by atoms with Gasteiger partial charge in [0.25, 0.3) is 11.8 Å². The molecule has 7 heteroatoms. The van der Waals surface area contributed by atoms with Crippen LogP contribution in [0.4, 0.5) is 11.4 Å². The minimum atomic E-state index is -0.240. The summed E-state index contributed by atoms with van der Waals surface area (Å²) in [6.45, 7) is 6.47. The molecule has 0 spiro atoms. The van der Waals surface area contributed by atoms with E-state index >= 15 is 0 Å². The molecule has 2 rings (SSSR count). The van der Waals surface area contributed by atoms with E-state index in [0.717, 1.165) is 12.1 Å². The van der Waals surface area contributed by atoms with Gasteiger partial charge in [-0.05, 0) is 62.7 Å². The highest BCUT2D eigenvalue weighted by atomic mass is 16.2. The smallest absolute Gasteiger partial charge is 0.251 e. The standard InChI is InChI=1S/C22H28N4O3/c1-4-12-23-21(28)16-8-10-18(11-9-16)24-14-20(27)26-19-7-5-6-17(13-19)22(29)25-15(2)3/h5-11,13,15,24H,4,12,14H2,1-3H3,(H,23,28)(H,25,29)(H,26,27). The molecule has 2 aromatic carbocycles. The molecule has 7 nitrogen and oxygen atoms in total. The van der Waals surface area contributed by atoms with Gasteiger partial charge in [0.1, 0.15) is 0 Å². The van der Waals surface area contributed by atoms with E-state index in [1.54, 1.807) is 48.5 Å². The number of hydrogen-bond donors (Lipinski definition) is 4. The van der Waals surface area contributed by atoms with Crippen molar-refractivity contribution in [1.29, 1.82) is 0 Å². The van der Waals surface area contributed by atoms with Crippen LogP contribution < -0.4 is 21.3 Å². The SMILES string of the molecule is CCCNC(=O)c1ccc(NCC(=O)Nc2cccc(C(=O)NC(C)C)c2)cc1. The van der Waals surface area contributed by atoms with Gasteiger partial charge >= 0.3 is 0 Å². The van der Waals surface area contributed by atoms with Crippen LogP contribution in [0.25, 0.3) is 0 Å². The number of rotatable bonds is 9. The summed E-state index contributed by atoms with van der Waals surface area (Å²) < 4.78 is 0. The lowest BCUT2D eigenvalue weighted by atomic mass is 10.1. The number of anilines is 2. The van der Waals surface area contributed by atoms with Crippen molar-refractivity contribution in [1.82, 2.24) is 10.6 Å². The molecular formula is C22H28N4O3. The first kappa shape index (κ1) is 21.9. The number of benzene rings is 2. The fourth-order valence-corrected chi connectivity index (χ4v) is 2.55. The minimum absolute atomic E-state index is 0.0362. The lowest BCUT2D eigenvalue weighted by Gasteiger charge is -2.11. The second-order valence-electron chi connectivity index (χ2n) is 6.94. The Bertz CT molecular complexity index is 847. The summed E-state index contributed by atoms with van der Waals surface area (Å²) in [6.07, 6.45) is 0.881. The average molecular weight is 396 g/mol. The van der Waals surface area contributed by atoms with Crippen LogP contribution in [0.5, 0.6) is 0 Å². The van der Waals surface area contributed by atoms with Crippen LogP contribution in [0.2, 0.25) is 0 Å². The maximum atomic E-state index is 12.2. The molecule has 0 radical (unpaired) electrons. The summed E-state index contributed by atoms with van der Waals surface area (Å²) in [6, 6.07) is 13.8. The van der Waals surface area contributed by atoms with Crippen LogP contribution in [0.15, 0.2) is 48.5 Å². The average Bonchev–Trinajstić information content (AvgIpc) is 2.70. The largest absolute Gasteiger partial charge is 0.376 e. The fraction of sp³-hybridized carbons (Fsp3) is 0.318. The molecule has 0 atom stereocenters. The van der Waals surface area contributed by atoms with E-state index in [-0.39, 0.29) is 30.3 Å². The van der Waals surface area contributed by atoms with Crippen LogP contribution in [-0.2, 0) is 4.79 Å². The molecule has 154 valence electrons. The zero-order valence-corrected chi connectivity index (χ0v) is 17.0. The van der Waals surface area contributed by atoms with Crippen molar-refractivity contribution in [3.05, 3.63) is 59.7 Å². The summed E-state index contributed by atoms with van der Waals surface area (Å²) in [5.41, 5.74) is 2.35. The predicted molar refractivity (Wildman–Crippen MR) is 115 cm³/mol. The van der Waals surface area contributed by atoms with Gasteiger partial charge in [-0.25, -0.2) is 0 Å². The molecule has 3 amide bonds. The molecule has 0 heterocycles. The molecule has 4 N–H and O–H groups in total. The van der Waals surface area contributed by atoms with Crippen molar-refractivity contribution in [3.8, 4) is 0 Å². The summed E-state index contributed by atoms with van der Waals surface area (Å²) in [7, 11) is 0. The Morgan fingerprint density at radius 3 is 2.28 bits per heavy atom. The van der Waals surface area contributed by atoms with Crippen molar-refractivity contribution < 1.29 is 14.4 Å². The number of nitrogens with one attached hydrogen (secondary N) is 4. The number of carbonyl (C=O) groups excluding carboxylic acids is 3. The Labute approximate surface area is 171 Å². The highest BCUT2D eigenvalue weighted by Gasteiger charge is 2.09. The zero-order valence-electron chi connectivity index (χ0n) is 17.0.